The third-order valence-electron chi connectivity index (χ3n) is 5.14. The van der Waals surface area contributed by atoms with Gasteiger partial charge in [0.1, 0.15) is 5.76 Å². The van der Waals surface area contributed by atoms with Crippen LogP contribution in [0.25, 0.3) is 0 Å². The Morgan fingerprint density at radius 1 is 1.28 bits per heavy atom. The van der Waals surface area contributed by atoms with Crippen LogP contribution in [0.5, 0.6) is 0 Å². The van der Waals surface area contributed by atoms with Gasteiger partial charge in [-0.1, -0.05) is 0 Å². The number of likely N-dealkylation sites (tertiary alicyclic amines) is 1. The predicted octanol–water partition coefficient (Wildman–Crippen LogP) is 2.06. The smallest absolute Gasteiger partial charge is 0.475 e. The molecule has 0 bridgehead atoms. The maximum absolute atomic E-state index is 12.6. The molecule has 29 heavy (non-hydrogen) atoms. The lowest BCUT2D eigenvalue weighted by atomic mass is 9.89. The van der Waals surface area contributed by atoms with Gasteiger partial charge in [0.05, 0.1) is 38.0 Å². The Morgan fingerprint density at radius 2 is 2.03 bits per heavy atom. The number of rotatable bonds is 3. The molecule has 162 valence electrons. The van der Waals surface area contributed by atoms with Gasteiger partial charge in [-0.05, 0) is 31.4 Å². The van der Waals surface area contributed by atoms with Crippen molar-refractivity contribution < 1.29 is 41.9 Å². The predicted molar refractivity (Wildman–Crippen MR) is 91.3 cm³/mol. The van der Waals surface area contributed by atoms with Crippen LogP contribution in [-0.4, -0.2) is 71.6 Å². The number of carboxylic acid groups (broad SMARTS) is 1. The Bertz CT molecular complexity index is 690. The van der Waals surface area contributed by atoms with E-state index in [1.807, 2.05) is 12.1 Å². The highest BCUT2D eigenvalue weighted by molar-refractivity contribution is 5.78. The van der Waals surface area contributed by atoms with Crippen molar-refractivity contribution in [1.29, 1.82) is 0 Å². The molecule has 8 nitrogen and oxygen atoms in total. The number of alkyl halides is 3. The second kappa shape index (κ2) is 9.14. The molecule has 4 heterocycles. The average molecular weight is 420 g/mol. The van der Waals surface area contributed by atoms with Gasteiger partial charge in [0, 0.05) is 19.2 Å². The Labute approximate surface area is 165 Å². The number of ether oxygens (including phenoxy) is 1. The van der Waals surface area contributed by atoms with E-state index in [2.05, 4.69) is 4.90 Å². The molecular formula is C18H23F3N2O6. The maximum Gasteiger partial charge on any atom is 0.490 e. The Hall–Kier alpha value is -2.11. The van der Waals surface area contributed by atoms with Crippen molar-refractivity contribution in [3.63, 3.8) is 0 Å². The molecule has 3 aliphatic heterocycles. The molecule has 3 saturated heterocycles. The van der Waals surface area contributed by atoms with Gasteiger partial charge < -0.3 is 14.3 Å². The van der Waals surface area contributed by atoms with Crippen LogP contribution in [0.4, 0.5) is 13.2 Å². The van der Waals surface area contributed by atoms with Gasteiger partial charge in [0.15, 0.2) is 0 Å². The van der Waals surface area contributed by atoms with Crippen LogP contribution in [0.15, 0.2) is 22.8 Å². The first-order valence-electron chi connectivity index (χ1n) is 9.38. The van der Waals surface area contributed by atoms with Crippen LogP contribution < -0.4 is 0 Å². The molecule has 3 aliphatic rings. The SMILES string of the molecule is O=C(O)C(F)(F)F.O=C([C@H]1C[C@H]2OCC[C@H]2N(Cc2ccco2)C1)N1CCCO1. The molecule has 4 rings (SSSR count). The highest BCUT2D eigenvalue weighted by atomic mass is 19.4. The van der Waals surface area contributed by atoms with Gasteiger partial charge in [-0.15, -0.1) is 0 Å². The molecular weight excluding hydrogens is 397 g/mol. The van der Waals surface area contributed by atoms with Gasteiger partial charge in [-0.2, -0.15) is 13.2 Å². The lowest BCUT2D eigenvalue weighted by molar-refractivity contribution is -0.192. The van der Waals surface area contributed by atoms with Crippen LogP contribution in [0.1, 0.15) is 25.0 Å². The molecule has 1 aromatic rings. The summed E-state index contributed by atoms with van der Waals surface area (Å²) >= 11 is 0. The van der Waals surface area contributed by atoms with Crippen LogP contribution in [0.2, 0.25) is 0 Å². The number of fused-ring (bicyclic) bond motifs is 1. The molecule has 3 atom stereocenters. The Morgan fingerprint density at radius 3 is 2.62 bits per heavy atom. The minimum atomic E-state index is -5.08. The first-order valence-corrected chi connectivity index (χ1v) is 9.38. The molecule has 1 amide bonds. The van der Waals surface area contributed by atoms with Crippen LogP contribution in [0, 0.1) is 5.92 Å². The van der Waals surface area contributed by atoms with E-state index in [9.17, 15) is 18.0 Å². The standard InChI is InChI=1S/C16H22N2O4.C2HF3O2/c19-16(18-5-2-7-22-18)12-9-15-14(4-8-21-15)17(10-12)11-13-3-1-6-20-13;3-2(4,5)1(6)7/h1,3,6,12,14-15H,2,4-5,7-11H2;(H,6,7)/t12-,14+,15+;/m0./s1. The van der Waals surface area contributed by atoms with E-state index in [-0.39, 0.29) is 17.9 Å². The number of nitrogens with zero attached hydrogens (tertiary/aromatic N) is 2. The van der Waals surface area contributed by atoms with Crippen molar-refractivity contribution >= 4 is 11.9 Å². The zero-order chi connectivity index (χ0) is 21.0. The van der Waals surface area contributed by atoms with E-state index in [0.29, 0.717) is 19.2 Å². The zero-order valence-corrected chi connectivity index (χ0v) is 15.6. The Kier molecular flexibility index (Phi) is 6.81. The molecule has 1 aromatic heterocycles. The van der Waals surface area contributed by atoms with Gasteiger partial charge in [0.2, 0.25) is 0 Å². The number of aliphatic carboxylic acids is 1. The van der Waals surface area contributed by atoms with E-state index in [0.717, 1.165) is 44.7 Å². The number of carbonyl (C=O) groups is 2. The fraction of sp³-hybridized carbons (Fsp3) is 0.667. The molecule has 0 aromatic carbocycles. The van der Waals surface area contributed by atoms with Gasteiger partial charge >= 0.3 is 12.1 Å². The number of furan rings is 1. The number of hydrogen-bond donors (Lipinski definition) is 1. The Balaban J connectivity index is 0.000000298. The highest BCUT2D eigenvalue weighted by Gasteiger charge is 2.44. The summed E-state index contributed by atoms with van der Waals surface area (Å²) in [6, 6.07) is 4.29. The van der Waals surface area contributed by atoms with Crippen molar-refractivity contribution in [1.82, 2.24) is 9.96 Å². The van der Waals surface area contributed by atoms with Crippen molar-refractivity contribution in [2.24, 2.45) is 5.92 Å². The molecule has 0 radical (unpaired) electrons. The number of amides is 1. The monoisotopic (exact) mass is 420 g/mol. The minimum absolute atomic E-state index is 0.0487. The molecule has 1 N–H and O–H groups in total. The fourth-order valence-electron chi connectivity index (χ4n) is 3.84. The van der Waals surface area contributed by atoms with Crippen molar-refractivity contribution in [3.05, 3.63) is 24.2 Å². The minimum Gasteiger partial charge on any atom is -0.475 e. The van der Waals surface area contributed by atoms with Crippen molar-refractivity contribution in [3.8, 4) is 0 Å². The van der Waals surface area contributed by atoms with Crippen molar-refractivity contribution in [2.45, 2.75) is 44.1 Å². The molecule has 0 spiro atoms. The van der Waals surface area contributed by atoms with E-state index < -0.39 is 12.1 Å². The van der Waals surface area contributed by atoms with Crippen LogP contribution >= 0.6 is 0 Å². The van der Waals surface area contributed by atoms with E-state index in [1.165, 1.54) is 0 Å². The largest absolute Gasteiger partial charge is 0.490 e. The van der Waals surface area contributed by atoms with E-state index in [1.54, 1.807) is 11.3 Å². The number of halogens is 3. The maximum atomic E-state index is 12.6. The summed E-state index contributed by atoms with van der Waals surface area (Å²) in [5.41, 5.74) is 0. The van der Waals surface area contributed by atoms with Gasteiger partial charge in [0.25, 0.3) is 5.91 Å². The summed E-state index contributed by atoms with van der Waals surface area (Å²) in [5.74, 6) is -1.76. The number of carboxylic acids is 1. The second-order valence-electron chi connectivity index (χ2n) is 7.14. The quantitative estimate of drug-likeness (QED) is 0.800. The average Bonchev–Trinajstić information content (AvgIpc) is 3.42. The molecule has 0 unspecified atom stereocenters. The van der Waals surface area contributed by atoms with Crippen LogP contribution in [0.3, 0.4) is 0 Å². The summed E-state index contributed by atoms with van der Waals surface area (Å²) in [6.45, 7) is 3.64. The summed E-state index contributed by atoms with van der Waals surface area (Å²) in [6.07, 6.45) is -0.468. The zero-order valence-electron chi connectivity index (χ0n) is 15.6. The second-order valence-corrected chi connectivity index (χ2v) is 7.14. The number of carbonyl (C=O) groups excluding carboxylic acids is 1. The molecule has 0 saturated carbocycles. The third kappa shape index (κ3) is 5.49. The van der Waals surface area contributed by atoms with Crippen LogP contribution in [-0.2, 0) is 25.7 Å². The first-order chi connectivity index (χ1) is 13.8. The van der Waals surface area contributed by atoms with Gasteiger partial charge in [-0.25, -0.2) is 9.86 Å². The van der Waals surface area contributed by atoms with Crippen molar-refractivity contribution in [2.75, 3.05) is 26.3 Å². The first kappa shape index (κ1) is 21.6. The highest BCUT2D eigenvalue weighted by Crippen LogP contribution is 2.33. The summed E-state index contributed by atoms with van der Waals surface area (Å²) < 4.78 is 43.1. The lowest BCUT2D eigenvalue weighted by Crippen LogP contribution is -2.52. The van der Waals surface area contributed by atoms with E-state index in [4.69, 9.17) is 23.9 Å². The molecule has 11 heteroatoms. The summed E-state index contributed by atoms with van der Waals surface area (Å²) in [5, 5.41) is 8.67. The van der Waals surface area contributed by atoms with Gasteiger partial charge in [-0.3, -0.25) is 14.5 Å². The van der Waals surface area contributed by atoms with E-state index >= 15 is 0 Å². The molecule has 0 aliphatic carbocycles. The number of hydroxylamine groups is 2. The summed E-state index contributed by atoms with van der Waals surface area (Å²) in [4.78, 5) is 29.3. The third-order valence-corrected chi connectivity index (χ3v) is 5.14. The molecule has 3 fully saturated rings. The topological polar surface area (TPSA) is 92.4 Å². The normalized spacial score (nSPS) is 27.3. The lowest BCUT2D eigenvalue weighted by Gasteiger charge is -2.40. The fourth-order valence-corrected chi connectivity index (χ4v) is 3.84. The number of piperidine rings is 1. The number of hydrogen-bond acceptors (Lipinski definition) is 6. The summed E-state index contributed by atoms with van der Waals surface area (Å²) in [7, 11) is 0.